The lowest BCUT2D eigenvalue weighted by Crippen LogP contribution is -2.51. The molecule has 0 aromatic rings. The summed E-state index contributed by atoms with van der Waals surface area (Å²) in [6.45, 7) is 7.34. The van der Waals surface area contributed by atoms with Crippen molar-refractivity contribution in [2.24, 2.45) is 17.6 Å². The molecule has 0 spiro atoms. The minimum absolute atomic E-state index is 0.134. The number of hydrogen-bond donors (Lipinski definition) is 1. The number of carbonyl (C=O) groups excluding carboxylic acids is 1. The van der Waals surface area contributed by atoms with Gasteiger partial charge in [0.25, 0.3) is 0 Å². The zero-order valence-electron chi connectivity index (χ0n) is 13.2. The molecule has 1 heterocycles. The van der Waals surface area contributed by atoms with Crippen LogP contribution >= 0.6 is 0 Å². The van der Waals surface area contributed by atoms with Gasteiger partial charge in [0.15, 0.2) is 0 Å². The van der Waals surface area contributed by atoms with Crippen LogP contribution in [0.1, 0.15) is 59.3 Å². The minimum Gasteiger partial charge on any atom is -0.444 e. The van der Waals surface area contributed by atoms with Crippen LogP contribution in [0.4, 0.5) is 4.79 Å². The molecule has 1 amide bonds. The molecular weight excluding hydrogens is 252 g/mol. The van der Waals surface area contributed by atoms with Gasteiger partial charge in [-0.3, -0.25) is 0 Å². The Bertz CT molecular complexity index is 332. The summed E-state index contributed by atoms with van der Waals surface area (Å²) in [7, 11) is 0. The van der Waals surface area contributed by atoms with Crippen LogP contribution in [-0.4, -0.2) is 35.7 Å². The Labute approximate surface area is 123 Å². The first-order valence-electron chi connectivity index (χ1n) is 8.10. The molecule has 2 rings (SSSR count). The largest absolute Gasteiger partial charge is 0.444 e. The minimum atomic E-state index is -0.415. The normalized spacial score (nSPS) is 28.7. The van der Waals surface area contributed by atoms with Crippen LogP contribution in [0, 0.1) is 11.8 Å². The highest BCUT2D eigenvalue weighted by atomic mass is 16.6. The highest BCUT2D eigenvalue weighted by Crippen LogP contribution is 2.37. The van der Waals surface area contributed by atoms with Crippen LogP contribution in [0.2, 0.25) is 0 Å². The molecule has 0 radical (unpaired) electrons. The molecule has 1 saturated carbocycles. The van der Waals surface area contributed by atoms with Crippen molar-refractivity contribution in [2.45, 2.75) is 70.9 Å². The lowest BCUT2D eigenvalue weighted by Gasteiger charge is -2.42. The number of nitrogens with two attached hydrogens (primary N) is 1. The molecule has 0 aromatic carbocycles. The lowest BCUT2D eigenvalue weighted by molar-refractivity contribution is -0.00421. The van der Waals surface area contributed by atoms with E-state index in [1.165, 1.54) is 25.7 Å². The van der Waals surface area contributed by atoms with Gasteiger partial charge in [0.05, 0.1) is 0 Å². The predicted octanol–water partition coefficient (Wildman–Crippen LogP) is 3.15. The molecule has 4 nitrogen and oxygen atoms in total. The Morgan fingerprint density at radius 3 is 2.45 bits per heavy atom. The Hall–Kier alpha value is -0.770. The van der Waals surface area contributed by atoms with Crippen molar-refractivity contribution in [3.63, 3.8) is 0 Å². The number of hydrogen-bond acceptors (Lipinski definition) is 3. The molecule has 2 aliphatic rings. The molecule has 4 heteroatoms. The number of piperidine rings is 1. The van der Waals surface area contributed by atoms with E-state index < -0.39 is 5.60 Å². The van der Waals surface area contributed by atoms with E-state index in [2.05, 4.69) is 0 Å². The van der Waals surface area contributed by atoms with Crippen LogP contribution in [-0.2, 0) is 4.74 Å². The first kappa shape index (κ1) is 15.6. The highest BCUT2D eigenvalue weighted by molar-refractivity contribution is 5.68. The SMILES string of the molecule is CC(C)(C)OC(=O)N1CCC(CN)CC1C1CCCC1. The van der Waals surface area contributed by atoms with E-state index >= 15 is 0 Å². The van der Waals surface area contributed by atoms with Gasteiger partial charge in [-0.15, -0.1) is 0 Å². The molecule has 2 N–H and O–H groups in total. The predicted molar refractivity (Wildman–Crippen MR) is 80.5 cm³/mol. The second-order valence-corrected chi connectivity index (χ2v) is 7.41. The third-order valence-electron chi connectivity index (χ3n) is 4.66. The number of carbonyl (C=O) groups is 1. The summed E-state index contributed by atoms with van der Waals surface area (Å²) < 4.78 is 5.59. The standard InChI is InChI=1S/C16H30N2O2/c1-16(2,3)20-15(19)18-9-8-12(11-17)10-14(18)13-6-4-5-7-13/h12-14H,4-11,17H2,1-3H3. The van der Waals surface area contributed by atoms with E-state index in [0.717, 1.165) is 25.9 Å². The summed E-state index contributed by atoms with van der Waals surface area (Å²) in [5.74, 6) is 1.22. The molecule has 2 atom stereocenters. The third-order valence-corrected chi connectivity index (χ3v) is 4.66. The van der Waals surface area contributed by atoms with Gasteiger partial charge in [-0.05, 0) is 64.8 Å². The van der Waals surface area contributed by atoms with Crippen molar-refractivity contribution in [3.8, 4) is 0 Å². The molecule has 1 aliphatic carbocycles. The van der Waals surface area contributed by atoms with Gasteiger partial charge in [0, 0.05) is 12.6 Å². The second kappa shape index (κ2) is 6.33. The Morgan fingerprint density at radius 2 is 1.90 bits per heavy atom. The van der Waals surface area contributed by atoms with E-state index in [4.69, 9.17) is 10.5 Å². The zero-order valence-corrected chi connectivity index (χ0v) is 13.2. The average molecular weight is 282 g/mol. The molecule has 2 fully saturated rings. The molecule has 116 valence electrons. The monoisotopic (exact) mass is 282 g/mol. The van der Waals surface area contributed by atoms with Gasteiger partial charge in [0.1, 0.15) is 5.60 Å². The summed E-state index contributed by atoms with van der Waals surface area (Å²) in [5.41, 5.74) is 5.44. The summed E-state index contributed by atoms with van der Waals surface area (Å²) >= 11 is 0. The zero-order chi connectivity index (χ0) is 14.8. The van der Waals surface area contributed by atoms with Gasteiger partial charge in [-0.1, -0.05) is 12.8 Å². The fourth-order valence-corrected chi connectivity index (χ4v) is 3.62. The molecular formula is C16H30N2O2. The number of rotatable bonds is 2. The van der Waals surface area contributed by atoms with Crippen molar-refractivity contribution >= 4 is 6.09 Å². The van der Waals surface area contributed by atoms with Crippen molar-refractivity contribution < 1.29 is 9.53 Å². The Morgan fingerprint density at radius 1 is 1.25 bits per heavy atom. The Balaban J connectivity index is 2.05. The molecule has 0 bridgehead atoms. The van der Waals surface area contributed by atoms with Gasteiger partial charge < -0.3 is 15.4 Å². The van der Waals surface area contributed by atoms with Crippen LogP contribution < -0.4 is 5.73 Å². The van der Waals surface area contributed by atoms with Crippen LogP contribution in [0.3, 0.4) is 0 Å². The van der Waals surface area contributed by atoms with Crippen LogP contribution in [0.15, 0.2) is 0 Å². The molecule has 1 saturated heterocycles. The fraction of sp³-hybridized carbons (Fsp3) is 0.938. The van der Waals surface area contributed by atoms with Gasteiger partial charge in [-0.2, -0.15) is 0 Å². The molecule has 0 aromatic heterocycles. The van der Waals surface area contributed by atoms with Crippen molar-refractivity contribution in [2.75, 3.05) is 13.1 Å². The second-order valence-electron chi connectivity index (χ2n) is 7.41. The van der Waals surface area contributed by atoms with E-state index in [0.29, 0.717) is 17.9 Å². The smallest absolute Gasteiger partial charge is 0.410 e. The number of nitrogens with zero attached hydrogens (tertiary/aromatic N) is 1. The maximum absolute atomic E-state index is 12.4. The fourth-order valence-electron chi connectivity index (χ4n) is 3.62. The average Bonchev–Trinajstić information content (AvgIpc) is 2.89. The van der Waals surface area contributed by atoms with E-state index in [-0.39, 0.29) is 6.09 Å². The summed E-state index contributed by atoms with van der Waals surface area (Å²) in [6.07, 6.45) is 7.04. The van der Waals surface area contributed by atoms with Crippen LogP contribution in [0.5, 0.6) is 0 Å². The van der Waals surface area contributed by atoms with E-state index in [9.17, 15) is 4.79 Å². The lowest BCUT2D eigenvalue weighted by atomic mass is 9.83. The van der Waals surface area contributed by atoms with E-state index in [1.54, 1.807) is 0 Å². The van der Waals surface area contributed by atoms with Gasteiger partial charge >= 0.3 is 6.09 Å². The number of likely N-dealkylation sites (tertiary alicyclic amines) is 1. The van der Waals surface area contributed by atoms with Crippen molar-refractivity contribution in [3.05, 3.63) is 0 Å². The first-order chi connectivity index (χ1) is 9.40. The first-order valence-corrected chi connectivity index (χ1v) is 8.10. The summed E-state index contributed by atoms with van der Waals surface area (Å²) in [5, 5.41) is 0. The molecule has 2 unspecified atom stereocenters. The summed E-state index contributed by atoms with van der Waals surface area (Å²) in [6, 6.07) is 0.342. The van der Waals surface area contributed by atoms with Gasteiger partial charge in [-0.25, -0.2) is 4.79 Å². The molecule has 20 heavy (non-hydrogen) atoms. The topological polar surface area (TPSA) is 55.6 Å². The highest BCUT2D eigenvalue weighted by Gasteiger charge is 2.38. The van der Waals surface area contributed by atoms with Crippen LogP contribution in [0.25, 0.3) is 0 Å². The maximum Gasteiger partial charge on any atom is 0.410 e. The maximum atomic E-state index is 12.4. The van der Waals surface area contributed by atoms with Gasteiger partial charge in [0.2, 0.25) is 0 Å². The van der Waals surface area contributed by atoms with E-state index in [1.807, 2.05) is 25.7 Å². The summed E-state index contributed by atoms with van der Waals surface area (Å²) in [4.78, 5) is 14.4. The molecule has 1 aliphatic heterocycles. The van der Waals surface area contributed by atoms with Crippen molar-refractivity contribution in [1.29, 1.82) is 0 Å². The number of amides is 1. The number of ether oxygens (including phenoxy) is 1. The third kappa shape index (κ3) is 3.87. The quantitative estimate of drug-likeness (QED) is 0.846. The Kier molecular flexibility index (Phi) is 4.95. The van der Waals surface area contributed by atoms with Crippen molar-refractivity contribution in [1.82, 2.24) is 4.90 Å².